The number of nitrogens with zero attached hydrogens (tertiary/aromatic N) is 4. The Labute approximate surface area is 197 Å². The van der Waals surface area contributed by atoms with Crippen molar-refractivity contribution >= 4 is 35.7 Å². The van der Waals surface area contributed by atoms with Crippen molar-refractivity contribution in [1.82, 2.24) is 9.97 Å². The molecule has 0 aliphatic carbocycles. The van der Waals surface area contributed by atoms with Crippen molar-refractivity contribution < 1.29 is 17.6 Å². The molecule has 0 aliphatic heterocycles. The number of hydrogen-bond donors (Lipinski definition) is 3. The van der Waals surface area contributed by atoms with Crippen LogP contribution in [0.2, 0.25) is 0 Å². The Bertz CT molecular complexity index is 1300. The summed E-state index contributed by atoms with van der Waals surface area (Å²) < 4.78 is 53.8. The molecular weight excluding hydrogens is 462 g/mol. The number of halogens is 4. The molecule has 3 N–H and O–H groups in total. The van der Waals surface area contributed by atoms with Gasteiger partial charge in [-0.2, -0.15) is 20.2 Å². The first kappa shape index (κ1) is 23.4. The van der Waals surface area contributed by atoms with Gasteiger partial charge < -0.3 is 5.32 Å². The van der Waals surface area contributed by atoms with Crippen LogP contribution in [0.4, 0.5) is 40.8 Å². The molecule has 0 fully saturated rings. The zero-order chi connectivity index (χ0) is 24.6. The highest BCUT2D eigenvalue weighted by atomic mass is 19.1. The molecule has 3 aromatic carbocycles. The zero-order valence-corrected chi connectivity index (χ0v) is 17.9. The third-order valence-corrected chi connectivity index (χ3v) is 4.45. The summed E-state index contributed by atoms with van der Waals surface area (Å²) in [6, 6.07) is 16.8. The molecule has 0 unspecified atom stereocenters. The predicted molar refractivity (Wildman–Crippen MR) is 127 cm³/mol. The molecule has 0 radical (unpaired) electrons. The Morgan fingerprint density at radius 2 is 1.14 bits per heavy atom. The van der Waals surface area contributed by atoms with Crippen LogP contribution in [0.5, 0.6) is 0 Å². The lowest BCUT2D eigenvalue weighted by atomic mass is 10.2. The van der Waals surface area contributed by atoms with Crippen molar-refractivity contribution in [3.63, 3.8) is 0 Å². The van der Waals surface area contributed by atoms with E-state index < -0.39 is 23.3 Å². The zero-order valence-electron chi connectivity index (χ0n) is 17.9. The van der Waals surface area contributed by atoms with Gasteiger partial charge in [0.25, 0.3) is 0 Å². The van der Waals surface area contributed by atoms with E-state index in [1.54, 1.807) is 0 Å². The second-order valence-corrected chi connectivity index (χ2v) is 7.02. The largest absolute Gasteiger partial charge is 0.324 e. The number of rotatable bonds is 8. The van der Waals surface area contributed by atoms with Crippen LogP contribution < -0.4 is 16.2 Å². The van der Waals surface area contributed by atoms with Gasteiger partial charge in [-0.05, 0) is 36.4 Å². The van der Waals surface area contributed by atoms with Crippen molar-refractivity contribution in [2.24, 2.45) is 10.2 Å². The molecule has 1 heterocycles. The Balaban J connectivity index is 1.55. The van der Waals surface area contributed by atoms with E-state index in [1.165, 1.54) is 30.6 Å². The maximum absolute atomic E-state index is 13.8. The fourth-order valence-electron chi connectivity index (χ4n) is 2.82. The highest BCUT2D eigenvalue weighted by molar-refractivity contribution is 5.81. The van der Waals surface area contributed by atoms with Gasteiger partial charge in [0, 0.05) is 35.0 Å². The standard InChI is InChI=1S/C24H17F4N7/c25-17-8-6-15(20(27)10-17)13-29-34-22-12-23(33-24(32-22)31-19-4-2-1-3-5-19)35-30-14-16-7-9-18(26)11-21(16)28/h1-14H,(H3,31,32,33,34,35). The molecule has 176 valence electrons. The number of hydrazone groups is 2. The van der Waals surface area contributed by atoms with Crippen LogP contribution >= 0.6 is 0 Å². The minimum Gasteiger partial charge on any atom is -0.324 e. The molecule has 11 heteroatoms. The second-order valence-electron chi connectivity index (χ2n) is 7.02. The molecular formula is C24H17F4N7. The van der Waals surface area contributed by atoms with E-state index in [4.69, 9.17) is 0 Å². The number of para-hydroxylation sites is 1. The van der Waals surface area contributed by atoms with E-state index in [2.05, 4.69) is 36.3 Å². The molecule has 35 heavy (non-hydrogen) atoms. The van der Waals surface area contributed by atoms with Crippen molar-refractivity contribution in [3.05, 3.63) is 107 Å². The van der Waals surface area contributed by atoms with Crippen molar-refractivity contribution in [2.75, 3.05) is 16.2 Å². The molecule has 0 saturated heterocycles. The monoisotopic (exact) mass is 479 g/mol. The minimum atomic E-state index is -0.769. The summed E-state index contributed by atoms with van der Waals surface area (Å²) in [6.07, 6.45) is 2.34. The first-order valence-electron chi connectivity index (χ1n) is 10.2. The van der Waals surface area contributed by atoms with E-state index >= 15 is 0 Å². The molecule has 0 amide bonds. The van der Waals surface area contributed by atoms with Crippen LogP contribution in [0.15, 0.2) is 83.0 Å². The average molecular weight is 479 g/mol. The van der Waals surface area contributed by atoms with Crippen LogP contribution in [0.3, 0.4) is 0 Å². The Hall–Kier alpha value is -4.80. The molecule has 0 atom stereocenters. The van der Waals surface area contributed by atoms with Crippen molar-refractivity contribution in [2.45, 2.75) is 0 Å². The third kappa shape index (κ3) is 6.60. The van der Waals surface area contributed by atoms with E-state index in [0.717, 1.165) is 24.3 Å². The first-order chi connectivity index (χ1) is 17.0. The van der Waals surface area contributed by atoms with Gasteiger partial charge in [0.05, 0.1) is 12.4 Å². The maximum atomic E-state index is 13.8. The molecule has 0 bridgehead atoms. The van der Waals surface area contributed by atoms with Gasteiger partial charge in [0.2, 0.25) is 5.95 Å². The van der Waals surface area contributed by atoms with Gasteiger partial charge in [-0.15, -0.1) is 0 Å². The lowest BCUT2D eigenvalue weighted by Gasteiger charge is -2.09. The van der Waals surface area contributed by atoms with Gasteiger partial charge in [0.15, 0.2) is 11.6 Å². The average Bonchev–Trinajstić information content (AvgIpc) is 2.82. The summed E-state index contributed by atoms with van der Waals surface area (Å²) in [4.78, 5) is 8.58. The molecule has 0 aliphatic rings. The number of aromatic nitrogens is 2. The molecule has 4 aromatic rings. The summed E-state index contributed by atoms with van der Waals surface area (Å²) in [7, 11) is 0. The predicted octanol–water partition coefficient (Wildman–Crippen LogP) is 5.67. The number of anilines is 4. The third-order valence-electron chi connectivity index (χ3n) is 4.45. The molecule has 0 saturated carbocycles. The topological polar surface area (TPSA) is 86.6 Å². The Morgan fingerprint density at radius 3 is 1.63 bits per heavy atom. The summed E-state index contributed by atoms with van der Waals surface area (Å²) in [5, 5.41) is 10.9. The minimum absolute atomic E-state index is 0.0693. The second kappa shape index (κ2) is 10.9. The van der Waals surface area contributed by atoms with Crippen LogP contribution in [-0.4, -0.2) is 22.4 Å². The fraction of sp³-hybridized carbons (Fsp3) is 0. The Kier molecular flexibility index (Phi) is 7.26. The SMILES string of the molecule is Fc1ccc(C=NNc2cc(NN=Cc3ccc(F)cc3F)nc(Nc3ccccc3)n2)c(F)c1. The van der Waals surface area contributed by atoms with Crippen molar-refractivity contribution in [3.8, 4) is 0 Å². The number of benzene rings is 3. The van der Waals surface area contributed by atoms with E-state index in [1.807, 2.05) is 30.3 Å². The van der Waals surface area contributed by atoms with Gasteiger partial charge >= 0.3 is 0 Å². The molecule has 7 nitrogen and oxygen atoms in total. The van der Waals surface area contributed by atoms with Crippen LogP contribution in [-0.2, 0) is 0 Å². The van der Waals surface area contributed by atoms with Crippen molar-refractivity contribution in [1.29, 1.82) is 0 Å². The van der Waals surface area contributed by atoms with Gasteiger partial charge in [-0.3, -0.25) is 10.9 Å². The number of nitrogens with one attached hydrogen (secondary N) is 3. The van der Waals surface area contributed by atoms with Gasteiger partial charge in [0.1, 0.15) is 23.3 Å². The van der Waals surface area contributed by atoms with E-state index in [9.17, 15) is 17.6 Å². The summed E-state index contributed by atoms with van der Waals surface area (Å²) in [5.74, 6) is -2.34. The lowest BCUT2D eigenvalue weighted by molar-refractivity contribution is 0.581. The highest BCUT2D eigenvalue weighted by Gasteiger charge is 2.06. The smallest absolute Gasteiger partial charge is 0.231 e. The summed E-state index contributed by atoms with van der Waals surface area (Å²) in [6.45, 7) is 0. The van der Waals surface area contributed by atoms with Crippen LogP contribution in [0.1, 0.15) is 11.1 Å². The first-order valence-corrected chi connectivity index (χ1v) is 10.2. The molecule has 1 aromatic heterocycles. The molecule has 4 rings (SSSR count). The fourth-order valence-corrected chi connectivity index (χ4v) is 2.82. The molecule has 0 spiro atoms. The summed E-state index contributed by atoms with van der Waals surface area (Å²) >= 11 is 0. The van der Waals surface area contributed by atoms with E-state index in [-0.39, 0.29) is 28.7 Å². The van der Waals surface area contributed by atoms with Gasteiger partial charge in [-0.25, -0.2) is 17.6 Å². The van der Waals surface area contributed by atoms with Gasteiger partial charge in [-0.1, -0.05) is 18.2 Å². The lowest BCUT2D eigenvalue weighted by Crippen LogP contribution is -2.04. The normalized spacial score (nSPS) is 11.2. The maximum Gasteiger partial charge on any atom is 0.231 e. The quantitative estimate of drug-likeness (QED) is 0.172. The van der Waals surface area contributed by atoms with Crippen LogP contribution in [0, 0.1) is 23.3 Å². The number of hydrogen-bond acceptors (Lipinski definition) is 7. The van der Waals surface area contributed by atoms with Crippen LogP contribution in [0.25, 0.3) is 0 Å². The Morgan fingerprint density at radius 1 is 0.629 bits per heavy atom. The highest BCUT2D eigenvalue weighted by Crippen LogP contribution is 2.19. The van der Waals surface area contributed by atoms with E-state index in [0.29, 0.717) is 5.69 Å². The summed E-state index contributed by atoms with van der Waals surface area (Å²) in [5.41, 5.74) is 6.15.